The molecule has 0 saturated heterocycles. The van der Waals surface area contributed by atoms with Crippen LogP contribution in [0.4, 0.5) is 0 Å². The smallest absolute Gasteiger partial charge is 0.111 e. The second-order valence-corrected chi connectivity index (χ2v) is 3.59. The van der Waals surface area contributed by atoms with Gasteiger partial charge in [0.15, 0.2) is 0 Å². The molecule has 1 unspecified atom stereocenters. The second kappa shape index (κ2) is 3.34. The highest BCUT2D eigenvalue weighted by Crippen LogP contribution is 2.26. The Morgan fingerprint density at radius 3 is 2.70 bits per heavy atom. The van der Waals surface area contributed by atoms with E-state index in [-0.39, 0.29) is 6.61 Å². The molecule has 0 spiro atoms. The van der Waals surface area contributed by atoms with Crippen molar-refractivity contribution >= 4 is 22.9 Å². The first-order valence-corrected chi connectivity index (χ1v) is 3.97. The summed E-state index contributed by atoms with van der Waals surface area (Å²) in [6.45, 7) is -0.253. The lowest BCUT2D eigenvalue weighted by atomic mass is 10.3. The van der Waals surface area contributed by atoms with Crippen LogP contribution in [0, 0.1) is 0 Å². The third kappa shape index (κ3) is 1.70. The number of aliphatic hydroxyl groups excluding tert-OH is 2. The number of rotatable bonds is 2. The Morgan fingerprint density at radius 1 is 1.60 bits per heavy atom. The molecule has 1 heterocycles. The Kier molecular flexibility index (Phi) is 2.68. The van der Waals surface area contributed by atoms with Gasteiger partial charge >= 0.3 is 0 Å². The number of aliphatic hydroxyl groups is 2. The average molecular weight is 179 g/mol. The van der Waals surface area contributed by atoms with Gasteiger partial charge in [-0.25, -0.2) is 0 Å². The number of hydrogen-bond acceptors (Lipinski definition) is 3. The maximum absolute atomic E-state index is 9.04. The van der Waals surface area contributed by atoms with Gasteiger partial charge in [-0.3, -0.25) is 0 Å². The fourth-order valence-electron chi connectivity index (χ4n) is 0.597. The Labute approximate surface area is 67.7 Å². The van der Waals surface area contributed by atoms with Crippen LogP contribution in [0.2, 0.25) is 4.34 Å². The van der Waals surface area contributed by atoms with Crippen molar-refractivity contribution in [3.63, 3.8) is 0 Å². The van der Waals surface area contributed by atoms with Crippen LogP contribution in [0.1, 0.15) is 11.0 Å². The summed E-state index contributed by atoms with van der Waals surface area (Å²) in [5, 5.41) is 17.6. The molecule has 0 bridgehead atoms. The zero-order chi connectivity index (χ0) is 7.56. The largest absolute Gasteiger partial charge is 0.393 e. The summed E-state index contributed by atoms with van der Waals surface area (Å²) in [4.78, 5) is 0.701. The third-order valence-electron chi connectivity index (χ3n) is 1.10. The average Bonchev–Trinajstić information content (AvgIpc) is 2.34. The van der Waals surface area contributed by atoms with Gasteiger partial charge in [0.2, 0.25) is 0 Å². The molecule has 0 saturated carbocycles. The first kappa shape index (κ1) is 8.01. The lowest BCUT2D eigenvalue weighted by Gasteiger charge is -2.00. The zero-order valence-corrected chi connectivity index (χ0v) is 6.69. The molecule has 1 atom stereocenters. The Morgan fingerprint density at radius 2 is 2.30 bits per heavy atom. The molecule has 1 aromatic rings. The van der Waals surface area contributed by atoms with E-state index in [0.717, 1.165) is 0 Å². The maximum atomic E-state index is 9.04. The Balaban J connectivity index is 2.74. The molecule has 0 aromatic carbocycles. The van der Waals surface area contributed by atoms with E-state index in [0.29, 0.717) is 9.21 Å². The molecule has 2 N–H and O–H groups in total. The number of halogens is 1. The first-order valence-electron chi connectivity index (χ1n) is 2.78. The van der Waals surface area contributed by atoms with Crippen LogP contribution >= 0.6 is 22.9 Å². The van der Waals surface area contributed by atoms with Crippen LogP contribution in [-0.2, 0) is 0 Å². The van der Waals surface area contributed by atoms with Crippen molar-refractivity contribution in [1.82, 2.24) is 0 Å². The summed E-state index contributed by atoms with van der Waals surface area (Å²) < 4.78 is 0.627. The van der Waals surface area contributed by atoms with Gasteiger partial charge < -0.3 is 10.2 Å². The van der Waals surface area contributed by atoms with E-state index in [9.17, 15) is 0 Å². The summed E-state index contributed by atoms with van der Waals surface area (Å²) >= 11 is 6.86. The highest BCUT2D eigenvalue weighted by Gasteiger charge is 2.07. The SMILES string of the molecule is OCC(O)c1ccc(Cl)s1. The lowest BCUT2D eigenvalue weighted by molar-refractivity contribution is 0.0984. The predicted molar refractivity (Wildman–Crippen MR) is 41.4 cm³/mol. The highest BCUT2D eigenvalue weighted by atomic mass is 35.5. The molecule has 56 valence electrons. The van der Waals surface area contributed by atoms with Crippen LogP contribution in [-0.4, -0.2) is 16.8 Å². The number of hydrogen-bond donors (Lipinski definition) is 2. The van der Waals surface area contributed by atoms with Gasteiger partial charge in [0, 0.05) is 4.88 Å². The topological polar surface area (TPSA) is 40.5 Å². The van der Waals surface area contributed by atoms with E-state index in [4.69, 9.17) is 21.8 Å². The normalized spacial score (nSPS) is 13.5. The Hall–Kier alpha value is -0.0900. The van der Waals surface area contributed by atoms with E-state index in [2.05, 4.69) is 0 Å². The van der Waals surface area contributed by atoms with Gasteiger partial charge in [-0.05, 0) is 12.1 Å². The van der Waals surface area contributed by atoms with Crippen LogP contribution in [0.25, 0.3) is 0 Å². The van der Waals surface area contributed by atoms with Gasteiger partial charge in [-0.15, -0.1) is 11.3 Å². The summed E-state index contributed by atoms with van der Waals surface area (Å²) in [6, 6.07) is 3.40. The van der Waals surface area contributed by atoms with Crippen molar-refractivity contribution in [3.8, 4) is 0 Å². The van der Waals surface area contributed by atoms with E-state index in [1.165, 1.54) is 11.3 Å². The van der Waals surface area contributed by atoms with Crippen molar-refractivity contribution in [3.05, 3.63) is 21.3 Å². The summed E-state index contributed by atoms with van der Waals surface area (Å²) in [5.74, 6) is 0. The van der Waals surface area contributed by atoms with Crippen molar-refractivity contribution in [2.24, 2.45) is 0 Å². The van der Waals surface area contributed by atoms with Crippen molar-refractivity contribution in [2.45, 2.75) is 6.10 Å². The fourth-order valence-corrected chi connectivity index (χ4v) is 1.64. The monoisotopic (exact) mass is 178 g/mol. The van der Waals surface area contributed by atoms with E-state index < -0.39 is 6.10 Å². The van der Waals surface area contributed by atoms with Crippen molar-refractivity contribution < 1.29 is 10.2 Å². The first-order chi connectivity index (χ1) is 4.74. The quantitative estimate of drug-likeness (QED) is 0.720. The van der Waals surface area contributed by atoms with E-state index >= 15 is 0 Å². The molecule has 10 heavy (non-hydrogen) atoms. The fraction of sp³-hybridized carbons (Fsp3) is 0.333. The highest BCUT2D eigenvalue weighted by molar-refractivity contribution is 7.16. The summed E-state index contributed by atoms with van der Waals surface area (Å²) in [5.41, 5.74) is 0. The van der Waals surface area contributed by atoms with E-state index in [1.807, 2.05) is 0 Å². The molecule has 0 radical (unpaired) electrons. The predicted octanol–water partition coefficient (Wildman–Crippen LogP) is 1.43. The van der Waals surface area contributed by atoms with Crippen LogP contribution in [0.3, 0.4) is 0 Å². The van der Waals surface area contributed by atoms with Gasteiger partial charge in [0.1, 0.15) is 6.10 Å². The molecule has 0 aliphatic carbocycles. The van der Waals surface area contributed by atoms with Crippen LogP contribution in [0.15, 0.2) is 12.1 Å². The molecule has 1 rings (SSSR count). The zero-order valence-electron chi connectivity index (χ0n) is 5.12. The van der Waals surface area contributed by atoms with Crippen LogP contribution in [0.5, 0.6) is 0 Å². The minimum atomic E-state index is -0.780. The second-order valence-electron chi connectivity index (χ2n) is 1.84. The lowest BCUT2D eigenvalue weighted by Crippen LogP contribution is -1.98. The number of thiophene rings is 1. The summed E-state index contributed by atoms with van der Waals surface area (Å²) in [6.07, 6.45) is -0.780. The molecular formula is C6H7ClO2S. The summed E-state index contributed by atoms with van der Waals surface area (Å²) in [7, 11) is 0. The van der Waals surface area contributed by atoms with Crippen LogP contribution < -0.4 is 0 Å². The molecule has 1 aromatic heterocycles. The minimum Gasteiger partial charge on any atom is -0.393 e. The molecule has 0 aliphatic rings. The third-order valence-corrected chi connectivity index (χ3v) is 2.43. The van der Waals surface area contributed by atoms with Crippen molar-refractivity contribution in [2.75, 3.05) is 6.61 Å². The standard InChI is InChI=1S/C6H7ClO2S/c7-6-2-1-5(10-6)4(9)3-8/h1-2,4,8-9H,3H2. The molecule has 0 aliphatic heterocycles. The van der Waals surface area contributed by atoms with E-state index in [1.54, 1.807) is 12.1 Å². The maximum Gasteiger partial charge on any atom is 0.111 e. The minimum absolute atomic E-state index is 0.253. The Bertz CT molecular complexity index is 211. The molecule has 0 fully saturated rings. The van der Waals surface area contributed by atoms with Gasteiger partial charge in [0.25, 0.3) is 0 Å². The van der Waals surface area contributed by atoms with Gasteiger partial charge in [-0.2, -0.15) is 0 Å². The molecule has 0 amide bonds. The molecule has 4 heteroatoms. The molecule has 2 nitrogen and oxygen atoms in total. The van der Waals surface area contributed by atoms with Gasteiger partial charge in [-0.1, -0.05) is 11.6 Å². The van der Waals surface area contributed by atoms with Crippen molar-refractivity contribution in [1.29, 1.82) is 0 Å². The van der Waals surface area contributed by atoms with Gasteiger partial charge in [0.05, 0.1) is 10.9 Å². The molecular weight excluding hydrogens is 172 g/mol.